The van der Waals surface area contributed by atoms with E-state index in [4.69, 9.17) is 5.10 Å². The van der Waals surface area contributed by atoms with Crippen LogP contribution in [0.25, 0.3) is 0 Å². The van der Waals surface area contributed by atoms with Gasteiger partial charge in [-0.3, -0.25) is 14.3 Å². The van der Waals surface area contributed by atoms with Crippen LogP contribution in [0.5, 0.6) is 0 Å². The van der Waals surface area contributed by atoms with Gasteiger partial charge in [-0.2, -0.15) is 5.10 Å². The molecule has 40 heavy (non-hydrogen) atoms. The van der Waals surface area contributed by atoms with E-state index >= 15 is 0 Å². The summed E-state index contributed by atoms with van der Waals surface area (Å²) < 4.78 is 15.9. The maximum atomic E-state index is 14.1. The Morgan fingerprint density at radius 2 is 1.95 bits per heavy atom. The van der Waals surface area contributed by atoms with Crippen LogP contribution in [-0.4, -0.2) is 92.6 Å². The van der Waals surface area contributed by atoms with Crippen molar-refractivity contribution < 1.29 is 24.2 Å². The molecule has 9 nitrogen and oxygen atoms in total. The Kier molecular flexibility index (Phi) is 6.02. The fourth-order valence-electron chi connectivity index (χ4n) is 7.49. The summed E-state index contributed by atoms with van der Waals surface area (Å²) >= 11 is 0. The van der Waals surface area contributed by atoms with Crippen molar-refractivity contribution in [1.82, 2.24) is 19.6 Å². The van der Waals surface area contributed by atoms with Crippen molar-refractivity contribution in [2.24, 2.45) is 11.8 Å². The van der Waals surface area contributed by atoms with Gasteiger partial charge in [-0.1, -0.05) is 0 Å². The number of piperidine rings is 1. The molecule has 4 atom stereocenters. The monoisotopic (exact) mass is 551 g/mol. The van der Waals surface area contributed by atoms with Gasteiger partial charge in [-0.25, -0.2) is 4.39 Å². The molecule has 0 bridgehead atoms. The number of nitrogens with zero attached hydrogens (tertiary/aromatic N) is 5. The molecule has 1 aromatic carbocycles. The molecule has 2 aliphatic heterocycles. The fraction of sp³-hybridized carbons (Fsp3) is 0.633. The zero-order chi connectivity index (χ0) is 27.9. The van der Waals surface area contributed by atoms with Crippen molar-refractivity contribution in [3.63, 3.8) is 0 Å². The topological polar surface area (TPSA) is 102 Å². The molecule has 1 aromatic heterocycles. The molecule has 2 saturated heterocycles. The van der Waals surface area contributed by atoms with Gasteiger partial charge in [0.1, 0.15) is 12.4 Å². The molecule has 1 spiro atoms. The quantitative estimate of drug-likeness (QED) is 0.590. The SMILES string of the molecule is Cc1c(F)ccc(N2CCN(C(=O)Cn3nc(C(=O)N4CCC(O)C(CO)C4)c4c3C[C@H]3C[C@@H]43)C3(CC3)C2)c1C. The van der Waals surface area contributed by atoms with Crippen LogP contribution in [0.4, 0.5) is 10.1 Å². The number of rotatable bonds is 5. The van der Waals surface area contributed by atoms with Crippen LogP contribution >= 0.6 is 0 Å². The third kappa shape index (κ3) is 4.05. The van der Waals surface area contributed by atoms with Crippen LogP contribution < -0.4 is 4.90 Å². The molecule has 214 valence electrons. The first-order chi connectivity index (χ1) is 19.2. The van der Waals surface area contributed by atoms with Gasteiger partial charge in [0.25, 0.3) is 5.91 Å². The summed E-state index contributed by atoms with van der Waals surface area (Å²) in [4.78, 5) is 33.4. The van der Waals surface area contributed by atoms with Gasteiger partial charge >= 0.3 is 0 Å². The second-order valence-electron chi connectivity index (χ2n) is 12.7. The van der Waals surface area contributed by atoms with E-state index in [2.05, 4.69) is 4.90 Å². The minimum atomic E-state index is -0.603. The number of likely N-dealkylation sites (tertiary alicyclic amines) is 1. The lowest BCUT2D eigenvalue weighted by Gasteiger charge is -2.44. The summed E-state index contributed by atoms with van der Waals surface area (Å²) in [6.07, 6.45) is 3.66. The lowest BCUT2D eigenvalue weighted by Crippen LogP contribution is -2.58. The Balaban J connectivity index is 1.09. The van der Waals surface area contributed by atoms with E-state index in [0.717, 1.165) is 54.7 Å². The first kappa shape index (κ1) is 26.0. The predicted octanol–water partition coefficient (Wildman–Crippen LogP) is 2.00. The molecule has 3 aliphatic carbocycles. The van der Waals surface area contributed by atoms with E-state index in [1.807, 2.05) is 24.8 Å². The number of piperazine rings is 1. The molecule has 2 unspecified atom stereocenters. The summed E-state index contributed by atoms with van der Waals surface area (Å²) in [6, 6.07) is 3.39. The molecule has 2 amide bonds. The highest BCUT2D eigenvalue weighted by Crippen LogP contribution is 2.57. The Morgan fingerprint density at radius 3 is 2.70 bits per heavy atom. The number of aliphatic hydroxyl groups excluding tert-OH is 2. The highest BCUT2D eigenvalue weighted by Gasteiger charge is 2.54. The van der Waals surface area contributed by atoms with E-state index in [1.54, 1.807) is 9.58 Å². The average Bonchev–Trinajstić information content (AvgIpc) is 3.83. The average molecular weight is 552 g/mol. The van der Waals surface area contributed by atoms with Crippen molar-refractivity contribution in [3.05, 3.63) is 46.0 Å². The molecule has 4 fully saturated rings. The second-order valence-corrected chi connectivity index (χ2v) is 12.7. The highest BCUT2D eigenvalue weighted by molar-refractivity contribution is 5.95. The molecule has 2 aromatic rings. The van der Waals surface area contributed by atoms with Crippen LogP contribution in [-0.2, 0) is 17.8 Å². The number of fused-ring (bicyclic) bond motifs is 3. The molecule has 3 heterocycles. The normalized spacial score (nSPS) is 28.1. The van der Waals surface area contributed by atoms with Gasteiger partial charge in [0, 0.05) is 55.6 Å². The first-order valence-electron chi connectivity index (χ1n) is 14.7. The predicted molar refractivity (Wildman–Crippen MR) is 146 cm³/mol. The van der Waals surface area contributed by atoms with Gasteiger partial charge in [-0.15, -0.1) is 0 Å². The molecular weight excluding hydrogens is 513 g/mol. The Hall–Kier alpha value is -2.98. The van der Waals surface area contributed by atoms with Crippen molar-refractivity contribution in [1.29, 1.82) is 0 Å². The van der Waals surface area contributed by atoms with Crippen LogP contribution in [0.3, 0.4) is 0 Å². The lowest BCUT2D eigenvalue weighted by molar-refractivity contribution is -0.135. The minimum absolute atomic E-state index is 0.0375. The minimum Gasteiger partial charge on any atom is -0.396 e. The van der Waals surface area contributed by atoms with Crippen molar-refractivity contribution in [2.75, 3.05) is 44.2 Å². The van der Waals surface area contributed by atoms with Crippen molar-refractivity contribution in [3.8, 4) is 0 Å². The molecule has 2 saturated carbocycles. The maximum absolute atomic E-state index is 14.1. The number of amides is 2. The smallest absolute Gasteiger partial charge is 0.274 e. The summed E-state index contributed by atoms with van der Waals surface area (Å²) in [5.74, 6) is 0.231. The number of benzene rings is 1. The van der Waals surface area contributed by atoms with Gasteiger partial charge < -0.3 is 24.9 Å². The summed E-state index contributed by atoms with van der Waals surface area (Å²) in [6.45, 7) is 6.52. The van der Waals surface area contributed by atoms with Gasteiger partial charge in [0.05, 0.1) is 18.2 Å². The molecule has 2 N–H and O–H groups in total. The Labute approximate surface area is 233 Å². The van der Waals surface area contributed by atoms with Crippen LogP contribution in [0.2, 0.25) is 0 Å². The second kappa shape index (κ2) is 9.27. The number of hydrogen-bond donors (Lipinski definition) is 2. The third-order valence-electron chi connectivity index (χ3n) is 10.4. The zero-order valence-electron chi connectivity index (χ0n) is 23.3. The molecular formula is C30H38FN5O4. The number of hydrogen-bond acceptors (Lipinski definition) is 6. The van der Waals surface area contributed by atoms with E-state index < -0.39 is 6.10 Å². The van der Waals surface area contributed by atoms with Gasteiger partial charge in [-0.05, 0) is 81.0 Å². The molecule has 7 rings (SSSR count). The summed E-state index contributed by atoms with van der Waals surface area (Å²) in [5, 5.41) is 24.6. The Morgan fingerprint density at radius 1 is 1.15 bits per heavy atom. The number of carbonyl (C=O) groups excluding carboxylic acids is 2. The van der Waals surface area contributed by atoms with Crippen LogP contribution in [0, 0.1) is 31.5 Å². The van der Waals surface area contributed by atoms with Crippen LogP contribution in [0.1, 0.15) is 64.5 Å². The third-order valence-corrected chi connectivity index (χ3v) is 10.4. The summed E-state index contributed by atoms with van der Waals surface area (Å²) in [7, 11) is 0. The van der Waals surface area contributed by atoms with Crippen molar-refractivity contribution in [2.45, 2.75) is 70.1 Å². The zero-order valence-corrected chi connectivity index (χ0v) is 23.3. The van der Waals surface area contributed by atoms with E-state index in [-0.39, 0.29) is 42.2 Å². The number of anilines is 1. The first-order valence-corrected chi connectivity index (χ1v) is 14.7. The molecule has 10 heteroatoms. The molecule has 0 radical (unpaired) electrons. The highest BCUT2D eigenvalue weighted by atomic mass is 19.1. The number of aromatic nitrogens is 2. The van der Waals surface area contributed by atoms with Crippen molar-refractivity contribution >= 4 is 17.5 Å². The van der Waals surface area contributed by atoms with Gasteiger partial charge in [0.15, 0.2) is 5.69 Å². The lowest BCUT2D eigenvalue weighted by atomic mass is 9.95. The van der Waals surface area contributed by atoms with E-state index in [9.17, 15) is 24.2 Å². The molecule has 5 aliphatic rings. The fourth-order valence-corrected chi connectivity index (χ4v) is 7.49. The van der Waals surface area contributed by atoms with E-state index in [1.165, 1.54) is 6.07 Å². The van der Waals surface area contributed by atoms with Gasteiger partial charge in [0.2, 0.25) is 5.91 Å². The number of halogens is 1. The van der Waals surface area contributed by atoms with E-state index in [0.29, 0.717) is 55.7 Å². The number of aliphatic hydroxyl groups is 2. The largest absolute Gasteiger partial charge is 0.396 e. The maximum Gasteiger partial charge on any atom is 0.274 e. The number of carbonyl (C=O) groups is 2. The Bertz CT molecular complexity index is 1390. The summed E-state index contributed by atoms with van der Waals surface area (Å²) in [5.41, 5.74) is 4.95. The standard InChI is InChI=1S/C30H38FN5O4/c1-17-18(2)23(4-3-22(17)31)34-9-10-35(30(16-34)6-7-30)26(39)14-36-24-12-19-11-21(19)27(24)28(32-36)29(40)33-8-5-25(38)20(13-33)15-37/h3-4,19-21,25,37-38H,5-16H2,1-2H3/t19-,20?,21-,25?/m1/s1. The van der Waals surface area contributed by atoms with Crippen LogP contribution in [0.15, 0.2) is 12.1 Å².